The highest BCUT2D eigenvalue weighted by molar-refractivity contribution is 14.1. The van der Waals surface area contributed by atoms with Gasteiger partial charge in [0.2, 0.25) is 0 Å². The Hall–Kier alpha value is -0.870. The van der Waals surface area contributed by atoms with Crippen molar-refractivity contribution in [1.29, 1.82) is 0 Å². The highest BCUT2D eigenvalue weighted by Gasteiger charge is 2.20. The molecule has 2 heteroatoms. The first kappa shape index (κ1) is 13.1. The minimum Gasteiger partial charge on any atom is -0.320 e. The maximum absolute atomic E-state index is 6.41. The van der Waals surface area contributed by atoms with E-state index >= 15 is 0 Å². The minimum atomic E-state index is -0.0188. The molecule has 1 aliphatic carbocycles. The Bertz CT molecular complexity index is 575. The van der Waals surface area contributed by atoms with Gasteiger partial charge in [-0.25, -0.2) is 0 Å². The van der Waals surface area contributed by atoms with Crippen LogP contribution in [0.15, 0.2) is 48.5 Å². The second kappa shape index (κ2) is 5.63. The largest absolute Gasteiger partial charge is 0.320 e. The number of hydrogen-bond donors (Lipinski definition) is 1. The van der Waals surface area contributed by atoms with E-state index < -0.39 is 0 Å². The zero-order chi connectivity index (χ0) is 13.2. The predicted octanol–water partition coefficient (Wildman–Crippen LogP) is 4.61. The summed E-state index contributed by atoms with van der Waals surface area (Å²) >= 11 is 2.34. The highest BCUT2D eigenvalue weighted by atomic mass is 127. The Kier molecular flexibility index (Phi) is 3.89. The van der Waals surface area contributed by atoms with Crippen molar-refractivity contribution in [1.82, 2.24) is 0 Å². The van der Waals surface area contributed by atoms with Gasteiger partial charge in [-0.15, -0.1) is 0 Å². The van der Waals surface area contributed by atoms with Gasteiger partial charge in [0.05, 0.1) is 6.04 Å². The smallest absolute Gasteiger partial charge is 0.0552 e. The van der Waals surface area contributed by atoms with E-state index in [4.69, 9.17) is 5.73 Å². The van der Waals surface area contributed by atoms with E-state index in [0.29, 0.717) is 0 Å². The molecule has 1 nitrogen and oxygen atoms in total. The van der Waals surface area contributed by atoms with Crippen LogP contribution in [-0.2, 0) is 0 Å². The maximum atomic E-state index is 6.41. The molecule has 0 amide bonds. The Balaban J connectivity index is 1.88. The van der Waals surface area contributed by atoms with E-state index in [1.165, 1.54) is 39.5 Å². The average molecular weight is 363 g/mol. The van der Waals surface area contributed by atoms with E-state index in [-0.39, 0.29) is 6.04 Å². The van der Waals surface area contributed by atoms with Gasteiger partial charge in [-0.05, 0) is 70.2 Å². The zero-order valence-electron chi connectivity index (χ0n) is 10.9. The normalized spacial score (nSPS) is 16.9. The number of halogens is 1. The summed E-state index contributed by atoms with van der Waals surface area (Å²) in [6.07, 6.45) is 4.04. The second-order valence-electron chi connectivity index (χ2n) is 5.33. The minimum absolute atomic E-state index is 0.0188. The summed E-state index contributed by atoms with van der Waals surface area (Å²) in [4.78, 5) is 0. The molecule has 19 heavy (non-hydrogen) atoms. The fraction of sp³-hybridized carbons (Fsp3) is 0.294. The van der Waals surface area contributed by atoms with Crippen molar-refractivity contribution in [2.24, 2.45) is 5.73 Å². The Morgan fingerprint density at radius 2 is 1.68 bits per heavy atom. The molecule has 0 spiro atoms. The third-order valence-corrected chi connectivity index (χ3v) is 4.73. The number of nitrogens with two attached hydrogens (primary N) is 1. The standard InChI is InChI=1S/C17H18IN/c18-16-9-3-8-15(11-16)17(19)14-7-2-6-13(10-14)12-4-1-5-12/h2-3,6-12,17H,1,4-5,19H2. The maximum Gasteiger partial charge on any atom is 0.0552 e. The molecule has 2 N–H and O–H groups in total. The molecule has 2 aromatic rings. The van der Waals surface area contributed by atoms with Crippen molar-refractivity contribution in [2.45, 2.75) is 31.2 Å². The quantitative estimate of drug-likeness (QED) is 0.792. The lowest BCUT2D eigenvalue weighted by Gasteiger charge is -2.26. The van der Waals surface area contributed by atoms with Crippen molar-refractivity contribution in [3.05, 3.63) is 68.8 Å². The summed E-state index contributed by atoms with van der Waals surface area (Å²) in [6, 6.07) is 17.3. The van der Waals surface area contributed by atoms with Gasteiger partial charge in [-0.2, -0.15) is 0 Å². The molecule has 1 saturated carbocycles. The summed E-state index contributed by atoms with van der Waals surface area (Å²) in [5.41, 5.74) is 10.3. The van der Waals surface area contributed by atoms with E-state index in [1.54, 1.807) is 0 Å². The first-order valence-corrected chi connectivity index (χ1v) is 7.93. The SMILES string of the molecule is NC(c1cccc(I)c1)c1cccc(C2CCC2)c1. The molecule has 3 rings (SSSR count). The van der Waals surface area contributed by atoms with Crippen LogP contribution in [0.4, 0.5) is 0 Å². The van der Waals surface area contributed by atoms with Crippen LogP contribution < -0.4 is 5.73 Å². The molecule has 1 atom stereocenters. The fourth-order valence-corrected chi connectivity index (χ4v) is 3.21. The van der Waals surface area contributed by atoms with E-state index in [1.807, 2.05) is 0 Å². The number of rotatable bonds is 3. The van der Waals surface area contributed by atoms with Gasteiger partial charge in [0.15, 0.2) is 0 Å². The molecule has 0 aliphatic heterocycles. The van der Waals surface area contributed by atoms with Gasteiger partial charge in [0, 0.05) is 3.57 Å². The Morgan fingerprint density at radius 1 is 1.00 bits per heavy atom. The van der Waals surface area contributed by atoms with Crippen LogP contribution in [0.1, 0.15) is 47.9 Å². The summed E-state index contributed by atoms with van der Waals surface area (Å²) in [7, 11) is 0. The molecule has 1 fully saturated rings. The van der Waals surface area contributed by atoms with Gasteiger partial charge < -0.3 is 5.73 Å². The average Bonchev–Trinajstić information content (AvgIpc) is 2.36. The summed E-state index contributed by atoms with van der Waals surface area (Å²) in [5, 5.41) is 0. The molecule has 1 aliphatic rings. The second-order valence-corrected chi connectivity index (χ2v) is 6.58. The van der Waals surface area contributed by atoms with Crippen LogP contribution >= 0.6 is 22.6 Å². The molecule has 0 saturated heterocycles. The van der Waals surface area contributed by atoms with E-state index in [9.17, 15) is 0 Å². The lowest BCUT2D eigenvalue weighted by atomic mass is 9.79. The third kappa shape index (κ3) is 2.84. The fourth-order valence-electron chi connectivity index (χ4n) is 2.64. The first-order chi connectivity index (χ1) is 9.24. The summed E-state index contributed by atoms with van der Waals surface area (Å²) < 4.78 is 1.24. The van der Waals surface area contributed by atoms with Crippen molar-refractivity contribution in [3.63, 3.8) is 0 Å². The molecule has 1 unspecified atom stereocenters. The van der Waals surface area contributed by atoms with Crippen LogP contribution in [0, 0.1) is 3.57 Å². The number of benzene rings is 2. The van der Waals surface area contributed by atoms with Gasteiger partial charge in [0.25, 0.3) is 0 Å². The van der Waals surface area contributed by atoms with Crippen molar-refractivity contribution in [2.75, 3.05) is 0 Å². The van der Waals surface area contributed by atoms with Gasteiger partial charge in [-0.1, -0.05) is 42.8 Å². The highest BCUT2D eigenvalue weighted by Crippen LogP contribution is 2.37. The van der Waals surface area contributed by atoms with Gasteiger partial charge in [-0.3, -0.25) is 0 Å². The molecule has 0 heterocycles. The molecule has 0 radical (unpaired) electrons. The summed E-state index contributed by atoms with van der Waals surface area (Å²) in [5.74, 6) is 0.767. The van der Waals surface area contributed by atoms with Crippen LogP contribution in [0.3, 0.4) is 0 Å². The molecule has 2 aromatic carbocycles. The van der Waals surface area contributed by atoms with E-state index in [2.05, 4.69) is 71.1 Å². The van der Waals surface area contributed by atoms with Crippen molar-refractivity contribution < 1.29 is 0 Å². The number of hydrogen-bond acceptors (Lipinski definition) is 1. The van der Waals surface area contributed by atoms with Crippen molar-refractivity contribution >= 4 is 22.6 Å². The Labute approximate surface area is 128 Å². The summed E-state index contributed by atoms with van der Waals surface area (Å²) in [6.45, 7) is 0. The Morgan fingerprint density at radius 3 is 2.32 bits per heavy atom. The molecular weight excluding hydrogens is 345 g/mol. The van der Waals surface area contributed by atoms with Crippen LogP contribution in [-0.4, -0.2) is 0 Å². The molecular formula is C17H18IN. The van der Waals surface area contributed by atoms with Crippen LogP contribution in [0.2, 0.25) is 0 Å². The van der Waals surface area contributed by atoms with E-state index in [0.717, 1.165) is 5.92 Å². The van der Waals surface area contributed by atoms with Gasteiger partial charge in [0.1, 0.15) is 0 Å². The predicted molar refractivity (Wildman–Crippen MR) is 88.2 cm³/mol. The molecule has 98 valence electrons. The molecule has 0 bridgehead atoms. The monoisotopic (exact) mass is 363 g/mol. The molecule has 0 aromatic heterocycles. The topological polar surface area (TPSA) is 26.0 Å². The van der Waals surface area contributed by atoms with Crippen LogP contribution in [0.25, 0.3) is 0 Å². The lowest BCUT2D eigenvalue weighted by molar-refractivity contribution is 0.419. The van der Waals surface area contributed by atoms with Gasteiger partial charge >= 0.3 is 0 Å². The third-order valence-electron chi connectivity index (χ3n) is 4.05. The van der Waals surface area contributed by atoms with Crippen LogP contribution in [0.5, 0.6) is 0 Å². The zero-order valence-corrected chi connectivity index (χ0v) is 13.0. The lowest BCUT2D eigenvalue weighted by Crippen LogP contribution is -2.14. The van der Waals surface area contributed by atoms with Crippen molar-refractivity contribution in [3.8, 4) is 0 Å². The first-order valence-electron chi connectivity index (χ1n) is 6.85.